The van der Waals surface area contributed by atoms with Crippen molar-refractivity contribution in [2.45, 2.75) is 56.9 Å². The summed E-state index contributed by atoms with van der Waals surface area (Å²) in [6.45, 7) is 5.95. The molecule has 0 aliphatic rings. The molecule has 2 amide bonds. The highest BCUT2D eigenvalue weighted by Crippen LogP contribution is 2.33. The molecule has 0 heterocycles. The Morgan fingerprint density at radius 3 is 2.10 bits per heavy atom. The van der Waals surface area contributed by atoms with E-state index >= 15 is 0 Å². The van der Waals surface area contributed by atoms with Gasteiger partial charge in [-0.05, 0) is 75.7 Å². The van der Waals surface area contributed by atoms with Gasteiger partial charge in [0.1, 0.15) is 12.6 Å². The van der Waals surface area contributed by atoms with Crippen molar-refractivity contribution >= 4 is 43.5 Å². The Kier molecular flexibility index (Phi) is 9.91. The summed E-state index contributed by atoms with van der Waals surface area (Å²) in [7, 11) is -4.49. The summed E-state index contributed by atoms with van der Waals surface area (Å²) >= 11 is 3.35. The third-order valence-corrected chi connectivity index (χ3v) is 8.32. The number of amides is 2. The molecule has 0 aliphatic carbocycles. The van der Waals surface area contributed by atoms with Crippen LogP contribution < -0.4 is 9.62 Å². The zero-order chi connectivity index (χ0) is 30.6. The number of sulfonamides is 1. The molecule has 3 aromatic carbocycles. The predicted molar refractivity (Wildman–Crippen MR) is 154 cm³/mol. The summed E-state index contributed by atoms with van der Waals surface area (Å²) in [6, 6.07) is 16.8. The first kappa shape index (κ1) is 32.1. The Hall–Kier alpha value is -3.38. The van der Waals surface area contributed by atoms with E-state index in [1.807, 2.05) is 0 Å². The van der Waals surface area contributed by atoms with Crippen LogP contribution in [0.4, 0.5) is 18.9 Å². The summed E-state index contributed by atoms with van der Waals surface area (Å²) in [5, 5.41) is 2.82. The summed E-state index contributed by atoms with van der Waals surface area (Å²) < 4.78 is 69.5. The summed E-state index contributed by atoms with van der Waals surface area (Å²) in [5.74, 6) is -1.25. The zero-order valence-corrected chi connectivity index (χ0v) is 25.3. The largest absolute Gasteiger partial charge is 0.416 e. The van der Waals surface area contributed by atoms with Gasteiger partial charge in [0.05, 0.1) is 16.1 Å². The minimum absolute atomic E-state index is 0.0490. The number of nitrogens with one attached hydrogen (secondary N) is 1. The van der Waals surface area contributed by atoms with Crippen molar-refractivity contribution in [2.24, 2.45) is 0 Å². The average Bonchev–Trinajstić information content (AvgIpc) is 2.90. The molecule has 0 saturated heterocycles. The molecular formula is C29H31BrF3N3O4S. The quantitative estimate of drug-likeness (QED) is 0.307. The van der Waals surface area contributed by atoms with E-state index in [9.17, 15) is 31.2 Å². The van der Waals surface area contributed by atoms with Gasteiger partial charge in [0.2, 0.25) is 11.8 Å². The molecule has 3 aromatic rings. The smallest absolute Gasteiger partial charge is 0.350 e. The number of halogens is 4. The van der Waals surface area contributed by atoms with Crippen molar-refractivity contribution < 1.29 is 31.2 Å². The highest BCUT2D eigenvalue weighted by Gasteiger charge is 2.35. The molecule has 0 bridgehead atoms. The van der Waals surface area contributed by atoms with Crippen LogP contribution in [0.2, 0.25) is 0 Å². The first-order valence-corrected chi connectivity index (χ1v) is 14.8. The first-order valence-electron chi connectivity index (χ1n) is 12.6. The first-order chi connectivity index (χ1) is 19.0. The van der Waals surface area contributed by atoms with Crippen molar-refractivity contribution in [3.63, 3.8) is 0 Å². The van der Waals surface area contributed by atoms with Crippen LogP contribution in [0.5, 0.6) is 0 Å². The lowest BCUT2D eigenvalue weighted by Crippen LogP contribution is -2.54. The Morgan fingerprint density at radius 2 is 1.54 bits per heavy atom. The van der Waals surface area contributed by atoms with Gasteiger partial charge in [-0.15, -0.1) is 0 Å². The van der Waals surface area contributed by atoms with Crippen LogP contribution in [0.3, 0.4) is 0 Å². The van der Waals surface area contributed by atoms with Crippen LogP contribution in [0.25, 0.3) is 0 Å². The van der Waals surface area contributed by atoms with Crippen molar-refractivity contribution in [3.05, 3.63) is 94.5 Å². The molecule has 1 N–H and O–H groups in total. The van der Waals surface area contributed by atoms with Gasteiger partial charge in [0.25, 0.3) is 10.0 Å². The number of carbonyl (C=O) groups excluding carboxylic acids is 2. The summed E-state index contributed by atoms with van der Waals surface area (Å²) in [5.41, 5.74) is -1.36. The number of hydrogen-bond donors (Lipinski definition) is 1. The molecule has 0 radical (unpaired) electrons. The molecule has 1 atom stereocenters. The third-order valence-electron chi connectivity index (χ3n) is 6.00. The van der Waals surface area contributed by atoms with Gasteiger partial charge in [-0.25, -0.2) is 8.42 Å². The number of benzene rings is 3. The van der Waals surface area contributed by atoms with Crippen LogP contribution in [0, 0.1) is 0 Å². The van der Waals surface area contributed by atoms with Gasteiger partial charge in [0, 0.05) is 16.6 Å². The Bertz CT molecular complexity index is 1480. The van der Waals surface area contributed by atoms with Crippen LogP contribution in [-0.4, -0.2) is 43.3 Å². The summed E-state index contributed by atoms with van der Waals surface area (Å²) in [6.07, 6.45) is -4.74. The topological polar surface area (TPSA) is 86.8 Å². The average molecular weight is 655 g/mol. The van der Waals surface area contributed by atoms with Crippen LogP contribution >= 0.6 is 15.9 Å². The number of carbonyl (C=O) groups is 2. The van der Waals surface area contributed by atoms with Crippen LogP contribution in [0.15, 0.2) is 88.2 Å². The van der Waals surface area contributed by atoms with Gasteiger partial charge < -0.3 is 10.2 Å². The lowest BCUT2D eigenvalue weighted by Gasteiger charge is -2.33. The molecule has 7 nitrogen and oxygen atoms in total. The maximum absolute atomic E-state index is 13.9. The van der Waals surface area contributed by atoms with Crippen molar-refractivity contribution in [1.29, 1.82) is 0 Å². The Balaban J connectivity index is 2.08. The fourth-order valence-corrected chi connectivity index (χ4v) is 5.62. The Labute approximate surface area is 246 Å². The van der Waals surface area contributed by atoms with Gasteiger partial charge in [-0.3, -0.25) is 13.9 Å². The van der Waals surface area contributed by atoms with Crippen molar-refractivity contribution in [3.8, 4) is 0 Å². The molecule has 0 saturated carbocycles. The molecule has 0 fully saturated rings. The molecule has 0 spiro atoms. The summed E-state index contributed by atoms with van der Waals surface area (Å²) in [4.78, 5) is 28.0. The molecule has 0 aliphatic heterocycles. The fraction of sp³-hybridized carbons (Fsp3) is 0.310. The number of nitrogens with zero attached hydrogens (tertiary/aromatic N) is 2. The van der Waals surface area contributed by atoms with Crippen molar-refractivity contribution in [1.82, 2.24) is 10.2 Å². The van der Waals surface area contributed by atoms with E-state index in [1.54, 1.807) is 51.1 Å². The molecule has 41 heavy (non-hydrogen) atoms. The van der Waals surface area contributed by atoms with E-state index in [4.69, 9.17) is 0 Å². The third kappa shape index (κ3) is 8.56. The minimum Gasteiger partial charge on any atom is -0.350 e. The highest BCUT2D eigenvalue weighted by atomic mass is 79.9. The van der Waals surface area contributed by atoms with E-state index in [0.717, 1.165) is 16.6 Å². The second kappa shape index (κ2) is 12.6. The van der Waals surface area contributed by atoms with E-state index in [1.165, 1.54) is 42.2 Å². The maximum Gasteiger partial charge on any atom is 0.416 e. The minimum atomic E-state index is -4.74. The second-order valence-electron chi connectivity index (χ2n) is 10.4. The van der Waals surface area contributed by atoms with Gasteiger partial charge >= 0.3 is 6.18 Å². The number of rotatable bonds is 9. The van der Waals surface area contributed by atoms with Crippen LogP contribution in [0.1, 0.15) is 38.8 Å². The fourth-order valence-electron chi connectivity index (χ4n) is 3.93. The second-order valence-corrected chi connectivity index (χ2v) is 13.2. The van der Waals surface area contributed by atoms with E-state index in [0.29, 0.717) is 15.9 Å². The number of hydrogen-bond acceptors (Lipinski definition) is 4. The molecular weight excluding hydrogens is 623 g/mol. The maximum atomic E-state index is 13.9. The van der Waals surface area contributed by atoms with Gasteiger partial charge in [0.15, 0.2) is 0 Å². The highest BCUT2D eigenvalue weighted by molar-refractivity contribution is 9.10. The monoisotopic (exact) mass is 653 g/mol. The molecule has 0 aromatic heterocycles. The van der Waals surface area contributed by atoms with E-state index in [-0.39, 0.29) is 17.1 Å². The van der Waals surface area contributed by atoms with Crippen LogP contribution in [-0.2, 0) is 32.3 Å². The zero-order valence-electron chi connectivity index (χ0n) is 22.9. The van der Waals surface area contributed by atoms with Gasteiger partial charge in [-0.1, -0.05) is 52.3 Å². The standard InChI is InChI=1S/C29H31BrF3N3O4S/c1-20(27(38)34-28(2,3)4)35(18-21-13-15-23(30)16-14-21)26(37)19-36(41(39,40)25-11-6-5-7-12-25)24-10-8-9-22(17-24)29(31,32)33/h5-17,20H,18-19H2,1-4H3,(H,34,38)/t20-/m0/s1. The molecule has 0 unspecified atom stereocenters. The number of anilines is 1. The molecule has 12 heteroatoms. The van der Waals surface area contributed by atoms with Gasteiger partial charge in [-0.2, -0.15) is 13.2 Å². The Morgan fingerprint density at radius 1 is 0.927 bits per heavy atom. The van der Waals surface area contributed by atoms with E-state index < -0.39 is 51.7 Å². The predicted octanol–water partition coefficient (Wildman–Crippen LogP) is 6.00. The molecule has 220 valence electrons. The molecule has 3 rings (SSSR count). The number of alkyl halides is 3. The van der Waals surface area contributed by atoms with Crippen molar-refractivity contribution in [2.75, 3.05) is 10.8 Å². The normalized spacial score (nSPS) is 12.9. The lowest BCUT2D eigenvalue weighted by molar-refractivity contribution is -0.140. The SMILES string of the molecule is C[C@@H](C(=O)NC(C)(C)C)N(Cc1ccc(Br)cc1)C(=O)CN(c1cccc(C(F)(F)F)c1)S(=O)(=O)c1ccccc1. The van der Waals surface area contributed by atoms with E-state index in [2.05, 4.69) is 21.2 Å². The lowest BCUT2D eigenvalue weighted by atomic mass is 10.1.